The summed E-state index contributed by atoms with van der Waals surface area (Å²) >= 11 is 0. The zero-order valence-electron chi connectivity index (χ0n) is 22.2. The lowest BCUT2D eigenvalue weighted by atomic mass is 10.0. The molecule has 1 fully saturated rings. The number of halogens is 3. The molecule has 0 aliphatic carbocycles. The second-order valence-corrected chi connectivity index (χ2v) is 9.92. The zero-order chi connectivity index (χ0) is 28.6. The molecule has 0 saturated carbocycles. The number of alkyl halides is 3. The summed E-state index contributed by atoms with van der Waals surface area (Å²) in [4.78, 5) is 28.9. The summed E-state index contributed by atoms with van der Waals surface area (Å²) in [6, 6.07) is 10.5. The number of anilines is 2. The van der Waals surface area contributed by atoms with E-state index in [0.29, 0.717) is 60.7 Å². The van der Waals surface area contributed by atoms with Crippen molar-refractivity contribution in [2.75, 3.05) is 49.7 Å². The lowest BCUT2D eigenvalue weighted by Crippen LogP contribution is -2.35. The smallest absolute Gasteiger partial charge is 0.418 e. The number of carbonyl (C=O) groups excluding carboxylic acids is 1. The molecular formula is C28H30F3N5O4. The lowest BCUT2D eigenvalue weighted by Gasteiger charge is -2.23. The Kier molecular flexibility index (Phi) is 7.45. The van der Waals surface area contributed by atoms with Crippen LogP contribution in [0, 0.1) is 0 Å². The van der Waals surface area contributed by atoms with Gasteiger partial charge < -0.3 is 25.0 Å². The van der Waals surface area contributed by atoms with Crippen LogP contribution in [0.4, 0.5) is 24.5 Å². The fraction of sp³-hybridized carbons (Fsp3) is 0.393. The van der Waals surface area contributed by atoms with E-state index in [1.807, 2.05) is 4.90 Å². The summed E-state index contributed by atoms with van der Waals surface area (Å²) in [5.41, 5.74) is 0.232. The molecule has 0 spiro atoms. The molecule has 2 aliphatic heterocycles. The minimum atomic E-state index is -4.75. The maximum absolute atomic E-state index is 14.3. The zero-order valence-corrected chi connectivity index (χ0v) is 22.2. The number of methoxy groups -OCH3 is 1. The fourth-order valence-electron chi connectivity index (χ4n) is 5.51. The number of ether oxygens (including phenoxy) is 1. The number of fused-ring (bicyclic) bond motifs is 1. The van der Waals surface area contributed by atoms with Gasteiger partial charge in [0.2, 0.25) is 5.91 Å². The molecule has 1 aromatic heterocycles. The Bertz CT molecular complexity index is 1490. The minimum Gasteiger partial charge on any atom is -0.497 e. The van der Waals surface area contributed by atoms with Gasteiger partial charge in [-0.15, -0.1) is 0 Å². The summed E-state index contributed by atoms with van der Waals surface area (Å²) < 4.78 is 49.1. The van der Waals surface area contributed by atoms with Crippen molar-refractivity contribution in [3.05, 3.63) is 63.9 Å². The highest BCUT2D eigenvalue weighted by Gasteiger charge is 2.37. The summed E-state index contributed by atoms with van der Waals surface area (Å²) in [5.74, 6) is 0.364. The van der Waals surface area contributed by atoms with Crippen molar-refractivity contribution < 1.29 is 27.8 Å². The first-order valence-electron chi connectivity index (χ1n) is 13.0. The Morgan fingerprint density at radius 1 is 1.20 bits per heavy atom. The molecule has 1 saturated heterocycles. The molecule has 1 atom stereocenters. The summed E-state index contributed by atoms with van der Waals surface area (Å²) in [6.07, 6.45) is -3.66. The van der Waals surface area contributed by atoms with E-state index in [4.69, 9.17) is 4.74 Å². The van der Waals surface area contributed by atoms with Crippen molar-refractivity contribution in [2.24, 2.45) is 0 Å². The molecule has 1 unspecified atom stereocenters. The number of β-amino-alcohol motifs (C(OH)–C–C–N with tert-alkyl or cyclic N) is 1. The highest BCUT2D eigenvalue weighted by molar-refractivity contribution is 5.74. The largest absolute Gasteiger partial charge is 0.497 e. The first-order valence-corrected chi connectivity index (χ1v) is 13.0. The number of carbonyl (C=O) groups is 1. The molecule has 12 heteroatoms. The Morgan fingerprint density at radius 2 is 2.00 bits per heavy atom. The predicted octanol–water partition coefficient (Wildman–Crippen LogP) is 3.00. The van der Waals surface area contributed by atoms with Gasteiger partial charge in [0.25, 0.3) is 5.56 Å². The molecule has 1 amide bonds. The van der Waals surface area contributed by atoms with E-state index in [1.54, 1.807) is 29.2 Å². The number of nitrogens with zero attached hydrogens (tertiary/aromatic N) is 4. The third kappa shape index (κ3) is 5.23. The third-order valence-corrected chi connectivity index (χ3v) is 7.30. The number of aliphatic hydroxyl groups excluding tert-OH is 1. The summed E-state index contributed by atoms with van der Waals surface area (Å²) in [6.45, 7) is 2.75. The van der Waals surface area contributed by atoms with Gasteiger partial charge in [-0.3, -0.25) is 9.59 Å². The second kappa shape index (κ2) is 10.8. The molecule has 40 heavy (non-hydrogen) atoms. The van der Waals surface area contributed by atoms with E-state index in [1.165, 1.54) is 26.2 Å². The van der Waals surface area contributed by atoms with Crippen LogP contribution in [-0.4, -0.2) is 66.7 Å². The van der Waals surface area contributed by atoms with Crippen LogP contribution in [0.15, 0.2) is 47.3 Å². The van der Waals surface area contributed by atoms with Crippen LogP contribution in [0.1, 0.15) is 24.5 Å². The number of amides is 1. The molecule has 0 radical (unpaired) electrons. The average molecular weight is 558 g/mol. The maximum Gasteiger partial charge on any atom is 0.418 e. The van der Waals surface area contributed by atoms with E-state index in [0.717, 1.165) is 10.7 Å². The Labute approximate surface area is 228 Å². The molecule has 212 valence electrons. The first kappa shape index (κ1) is 27.5. The molecule has 9 nitrogen and oxygen atoms in total. The lowest BCUT2D eigenvalue weighted by molar-refractivity contribution is -0.137. The van der Waals surface area contributed by atoms with Gasteiger partial charge in [-0.1, -0.05) is 12.1 Å². The normalized spacial score (nSPS) is 16.8. The number of aromatic nitrogens is 2. The summed E-state index contributed by atoms with van der Waals surface area (Å²) in [7, 11) is 1.51. The van der Waals surface area contributed by atoms with Crippen molar-refractivity contribution in [1.29, 1.82) is 0 Å². The van der Waals surface area contributed by atoms with E-state index in [2.05, 4.69) is 10.4 Å². The Morgan fingerprint density at radius 3 is 2.70 bits per heavy atom. The molecule has 3 aromatic rings. The molecule has 2 N–H and O–H groups in total. The number of rotatable bonds is 7. The quantitative estimate of drug-likeness (QED) is 0.461. The molecule has 2 aliphatic rings. The number of hydrogen-bond donors (Lipinski definition) is 2. The minimum absolute atomic E-state index is 0.129. The fourth-order valence-corrected chi connectivity index (χ4v) is 5.51. The Hall–Kier alpha value is -4.06. The molecule has 5 rings (SSSR count). The van der Waals surface area contributed by atoms with Gasteiger partial charge >= 0.3 is 6.18 Å². The average Bonchev–Trinajstić information content (AvgIpc) is 3.56. The van der Waals surface area contributed by atoms with Crippen LogP contribution in [0.5, 0.6) is 5.75 Å². The SMILES string of the molecule is COc1cccc(-c2nn(-c3cc(N4CCC(NC(C)=O)C4)ccc3C(F)(F)F)c(=O)c3c2CCN3CCO)c1. The predicted molar refractivity (Wildman–Crippen MR) is 144 cm³/mol. The van der Waals surface area contributed by atoms with Crippen LogP contribution >= 0.6 is 0 Å². The maximum atomic E-state index is 14.3. The highest BCUT2D eigenvalue weighted by Crippen LogP contribution is 2.38. The molecule has 3 heterocycles. The number of nitrogens with one attached hydrogen (secondary N) is 1. The van der Waals surface area contributed by atoms with Crippen LogP contribution in [0.3, 0.4) is 0 Å². The number of benzene rings is 2. The van der Waals surface area contributed by atoms with Crippen molar-refractivity contribution >= 4 is 17.3 Å². The van der Waals surface area contributed by atoms with Crippen LogP contribution in [-0.2, 0) is 17.4 Å². The van der Waals surface area contributed by atoms with E-state index in [-0.39, 0.29) is 36.5 Å². The monoisotopic (exact) mass is 557 g/mol. The van der Waals surface area contributed by atoms with Gasteiger partial charge in [0, 0.05) is 56.0 Å². The first-order chi connectivity index (χ1) is 19.1. The highest BCUT2D eigenvalue weighted by atomic mass is 19.4. The second-order valence-electron chi connectivity index (χ2n) is 9.92. The van der Waals surface area contributed by atoms with Gasteiger partial charge in [-0.25, -0.2) is 0 Å². The summed E-state index contributed by atoms with van der Waals surface area (Å²) in [5, 5.41) is 17.0. The topological polar surface area (TPSA) is 99.9 Å². The van der Waals surface area contributed by atoms with Crippen LogP contribution in [0.2, 0.25) is 0 Å². The van der Waals surface area contributed by atoms with Crippen molar-refractivity contribution in [3.63, 3.8) is 0 Å². The number of aliphatic hydroxyl groups is 1. The van der Waals surface area contributed by atoms with E-state index < -0.39 is 17.3 Å². The Balaban J connectivity index is 1.70. The standard InChI is InChI=1S/C28H30F3N5O4/c1-17(38)32-19-8-10-35(16-19)20-6-7-23(28(29,30)31)24(15-20)36-27(39)26-22(9-11-34(26)12-13-37)25(33-36)18-4-3-5-21(14-18)40-2/h3-7,14-15,19,37H,8-13,16H2,1-2H3,(H,32,38). The van der Waals surface area contributed by atoms with Gasteiger partial charge in [0.05, 0.1) is 30.7 Å². The van der Waals surface area contributed by atoms with Crippen LogP contribution in [0.25, 0.3) is 16.9 Å². The van der Waals surface area contributed by atoms with Gasteiger partial charge in [-0.05, 0) is 43.2 Å². The van der Waals surface area contributed by atoms with Gasteiger partial charge in [0.1, 0.15) is 11.4 Å². The van der Waals surface area contributed by atoms with Crippen molar-refractivity contribution in [2.45, 2.75) is 32.0 Å². The molecule has 0 bridgehead atoms. The van der Waals surface area contributed by atoms with Gasteiger partial charge in [-0.2, -0.15) is 23.0 Å². The third-order valence-electron chi connectivity index (χ3n) is 7.30. The molecular weight excluding hydrogens is 527 g/mol. The van der Waals surface area contributed by atoms with Crippen molar-refractivity contribution in [3.8, 4) is 22.7 Å². The van der Waals surface area contributed by atoms with Crippen molar-refractivity contribution in [1.82, 2.24) is 15.1 Å². The number of hydrogen-bond acceptors (Lipinski definition) is 7. The van der Waals surface area contributed by atoms with E-state index >= 15 is 0 Å². The molecule has 2 aromatic carbocycles. The van der Waals surface area contributed by atoms with Crippen LogP contribution < -0.4 is 25.4 Å². The van der Waals surface area contributed by atoms with Gasteiger partial charge in [0.15, 0.2) is 0 Å². The van der Waals surface area contributed by atoms with E-state index in [9.17, 15) is 27.9 Å².